The van der Waals surface area contributed by atoms with Crippen molar-refractivity contribution in [1.82, 2.24) is 5.32 Å². The summed E-state index contributed by atoms with van der Waals surface area (Å²) in [7, 11) is 0. The van der Waals surface area contributed by atoms with E-state index in [9.17, 15) is 4.79 Å². The van der Waals surface area contributed by atoms with Gasteiger partial charge in [0.25, 0.3) is 0 Å². The maximum absolute atomic E-state index is 12.2. The van der Waals surface area contributed by atoms with E-state index in [1.807, 2.05) is 13.8 Å². The van der Waals surface area contributed by atoms with Crippen LogP contribution < -0.4 is 11.1 Å². The van der Waals surface area contributed by atoms with Crippen LogP contribution in [0.3, 0.4) is 0 Å². The van der Waals surface area contributed by atoms with Crippen LogP contribution >= 0.6 is 0 Å². The van der Waals surface area contributed by atoms with Crippen molar-refractivity contribution in [3.05, 3.63) is 0 Å². The second kappa shape index (κ2) is 7.99. The molecular weight excluding hydrogens is 246 g/mol. The molecule has 0 aromatic carbocycles. The molecule has 0 aliphatic carbocycles. The molecule has 2 atom stereocenters. The summed E-state index contributed by atoms with van der Waals surface area (Å²) in [5, 5.41) is 14.7. The number of nitrogens with zero attached hydrogens (tertiary/aromatic N) is 1. The maximum Gasteiger partial charge on any atom is 0.231 e. The molecule has 0 radical (unpaired) electrons. The zero-order chi connectivity index (χ0) is 14.3. The highest BCUT2D eigenvalue weighted by Crippen LogP contribution is 2.19. The fraction of sp³-hybridized carbons (Fsp3) is 0.846. The molecule has 2 unspecified atom stereocenters. The minimum Gasteiger partial charge on any atom is -0.409 e. The van der Waals surface area contributed by atoms with Crippen molar-refractivity contribution in [1.29, 1.82) is 0 Å². The first-order chi connectivity index (χ1) is 9.10. The molecule has 0 aromatic rings. The minimum atomic E-state index is -0.544. The Hall–Kier alpha value is -1.30. The topological polar surface area (TPSA) is 96.9 Å². The zero-order valence-corrected chi connectivity index (χ0v) is 11.8. The van der Waals surface area contributed by atoms with Crippen LogP contribution in [0.15, 0.2) is 5.16 Å². The highest BCUT2D eigenvalue weighted by molar-refractivity contribution is 6.02. The Morgan fingerprint density at radius 3 is 2.68 bits per heavy atom. The largest absolute Gasteiger partial charge is 0.409 e. The van der Waals surface area contributed by atoms with E-state index in [4.69, 9.17) is 15.7 Å². The Morgan fingerprint density at radius 1 is 1.53 bits per heavy atom. The fourth-order valence-corrected chi connectivity index (χ4v) is 2.43. The van der Waals surface area contributed by atoms with E-state index >= 15 is 0 Å². The van der Waals surface area contributed by atoms with Crippen LogP contribution in [-0.4, -0.2) is 36.2 Å². The van der Waals surface area contributed by atoms with Gasteiger partial charge in [0.2, 0.25) is 5.91 Å². The van der Waals surface area contributed by atoms with Crippen LogP contribution in [0.4, 0.5) is 0 Å². The molecule has 1 heterocycles. The van der Waals surface area contributed by atoms with Crippen molar-refractivity contribution < 1.29 is 14.7 Å². The van der Waals surface area contributed by atoms with Gasteiger partial charge in [0.15, 0.2) is 5.84 Å². The van der Waals surface area contributed by atoms with Gasteiger partial charge in [0.05, 0.1) is 5.92 Å². The molecule has 6 nitrogen and oxygen atoms in total. The van der Waals surface area contributed by atoms with Crippen LogP contribution in [0.5, 0.6) is 0 Å². The Morgan fingerprint density at radius 2 is 2.16 bits per heavy atom. The first-order valence-electron chi connectivity index (χ1n) is 6.95. The Labute approximate surface area is 114 Å². The first-order valence-corrected chi connectivity index (χ1v) is 6.95. The van der Waals surface area contributed by atoms with Gasteiger partial charge in [-0.2, -0.15) is 0 Å². The highest BCUT2D eigenvalue weighted by atomic mass is 16.5. The Balaban J connectivity index is 2.54. The molecule has 1 fully saturated rings. The molecule has 0 aromatic heterocycles. The molecule has 110 valence electrons. The number of amidine groups is 1. The van der Waals surface area contributed by atoms with Gasteiger partial charge in [-0.05, 0) is 32.1 Å². The Kier molecular flexibility index (Phi) is 6.62. The van der Waals surface area contributed by atoms with Crippen LogP contribution in [-0.2, 0) is 9.53 Å². The van der Waals surface area contributed by atoms with Crippen molar-refractivity contribution >= 4 is 11.7 Å². The van der Waals surface area contributed by atoms with Crippen molar-refractivity contribution in [3.63, 3.8) is 0 Å². The van der Waals surface area contributed by atoms with Crippen molar-refractivity contribution in [2.45, 2.75) is 45.6 Å². The minimum absolute atomic E-state index is 0.0153. The zero-order valence-electron chi connectivity index (χ0n) is 11.8. The van der Waals surface area contributed by atoms with Gasteiger partial charge in [-0.1, -0.05) is 18.5 Å². The van der Waals surface area contributed by atoms with Gasteiger partial charge in [-0.15, -0.1) is 0 Å². The molecule has 6 heteroatoms. The number of ether oxygens (including phenoxy) is 1. The third-order valence-corrected chi connectivity index (χ3v) is 3.71. The number of hydrogen-bond acceptors (Lipinski definition) is 4. The van der Waals surface area contributed by atoms with Gasteiger partial charge in [0, 0.05) is 19.3 Å². The van der Waals surface area contributed by atoms with Gasteiger partial charge in [-0.25, -0.2) is 0 Å². The Bertz CT molecular complexity index is 314. The number of nitrogens with two attached hydrogens (primary N) is 1. The van der Waals surface area contributed by atoms with Gasteiger partial charge in [0.1, 0.15) is 0 Å². The molecule has 1 aliphatic rings. The number of hydrogen-bond donors (Lipinski definition) is 3. The lowest BCUT2D eigenvalue weighted by Crippen LogP contribution is -2.46. The number of carbonyl (C=O) groups excluding carboxylic acids is 1. The number of amides is 1. The molecule has 1 rings (SSSR count). The molecule has 19 heavy (non-hydrogen) atoms. The van der Waals surface area contributed by atoms with Crippen LogP contribution in [0.2, 0.25) is 0 Å². The van der Waals surface area contributed by atoms with Gasteiger partial charge in [-0.3, -0.25) is 4.79 Å². The van der Waals surface area contributed by atoms with E-state index in [2.05, 4.69) is 10.5 Å². The average Bonchev–Trinajstić information content (AvgIpc) is 2.44. The molecule has 0 spiro atoms. The maximum atomic E-state index is 12.2. The third-order valence-electron chi connectivity index (χ3n) is 3.71. The van der Waals surface area contributed by atoms with E-state index in [0.29, 0.717) is 12.3 Å². The fourth-order valence-electron chi connectivity index (χ4n) is 2.43. The lowest BCUT2D eigenvalue weighted by molar-refractivity contribution is -0.124. The summed E-state index contributed by atoms with van der Waals surface area (Å²) in [6.07, 6.45) is 3.31. The van der Waals surface area contributed by atoms with E-state index in [0.717, 1.165) is 32.5 Å². The SMILES string of the molecule is CCCC(C(=O)NC(C)C1CCOCC1)C(N)=NO. The molecule has 1 aliphatic heterocycles. The van der Waals surface area contributed by atoms with Crippen molar-refractivity contribution in [2.75, 3.05) is 13.2 Å². The molecule has 0 bridgehead atoms. The highest BCUT2D eigenvalue weighted by Gasteiger charge is 2.27. The second-order valence-corrected chi connectivity index (χ2v) is 5.11. The lowest BCUT2D eigenvalue weighted by Gasteiger charge is -2.29. The first kappa shape index (κ1) is 15.8. The third kappa shape index (κ3) is 4.70. The van der Waals surface area contributed by atoms with Crippen LogP contribution in [0, 0.1) is 11.8 Å². The van der Waals surface area contributed by atoms with Gasteiger partial charge >= 0.3 is 0 Å². The number of carbonyl (C=O) groups is 1. The quantitative estimate of drug-likeness (QED) is 0.291. The summed E-state index contributed by atoms with van der Waals surface area (Å²) in [6, 6.07) is 0.0854. The lowest BCUT2D eigenvalue weighted by atomic mass is 9.92. The van der Waals surface area contributed by atoms with Crippen molar-refractivity contribution in [3.8, 4) is 0 Å². The summed E-state index contributed by atoms with van der Waals surface area (Å²) in [6.45, 7) is 5.48. The number of oxime groups is 1. The molecule has 1 amide bonds. The van der Waals surface area contributed by atoms with Crippen LogP contribution in [0.25, 0.3) is 0 Å². The van der Waals surface area contributed by atoms with E-state index < -0.39 is 5.92 Å². The van der Waals surface area contributed by atoms with E-state index in [1.54, 1.807) is 0 Å². The summed E-state index contributed by atoms with van der Waals surface area (Å²) in [5.74, 6) is -0.278. The van der Waals surface area contributed by atoms with E-state index in [1.165, 1.54) is 0 Å². The smallest absolute Gasteiger partial charge is 0.231 e. The summed E-state index contributed by atoms with van der Waals surface area (Å²) < 4.78 is 5.31. The summed E-state index contributed by atoms with van der Waals surface area (Å²) in [4.78, 5) is 12.2. The average molecular weight is 271 g/mol. The normalized spacial score (nSPS) is 20.8. The molecule has 4 N–H and O–H groups in total. The monoisotopic (exact) mass is 271 g/mol. The summed E-state index contributed by atoms with van der Waals surface area (Å²) in [5.41, 5.74) is 5.58. The van der Waals surface area contributed by atoms with Gasteiger partial charge < -0.3 is 21.0 Å². The molecule has 0 saturated carbocycles. The second-order valence-electron chi connectivity index (χ2n) is 5.11. The van der Waals surface area contributed by atoms with Crippen molar-refractivity contribution in [2.24, 2.45) is 22.7 Å². The number of rotatable bonds is 6. The summed E-state index contributed by atoms with van der Waals surface area (Å²) >= 11 is 0. The predicted octanol–water partition coefficient (Wildman–Crippen LogP) is 1.08. The van der Waals surface area contributed by atoms with E-state index in [-0.39, 0.29) is 17.8 Å². The van der Waals surface area contributed by atoms with Crippen LogP contribution in [0.1, 0.15) is 39.5 Å². The molecule has 1 saturated heterocycles. The molecular formula is C13H25N3O3. The standard InChI is InChI=1S/C13H25N3O3/c1-3-4-11(12(14)16-18)13(17)15-9(2)10-5-7-19-8-6-10/h9-11,18H,3-8H2,1-2H3,(H2,14,16)(H,15,17). The number of nitrogens with one attached hydrogen (secondary N) is 1. The predicted molar refractivity (Wildman–Crippen MR) is 73.0 cm³/mol.